The molecule has 0 aliphatic rings. The van der Waals surface area contributed by atoms with Crippen LogP contribution >= 0.6 is 11.3 Å². The third-order valence-electron chi connectivity index (χ3n) is 2.71. The molecule has 18 heavy (non-hydrogen) atoms. The van der Waals surface area contributed by atoms with Crippen LogP contribution in [0.1, 0.15) is 20.9 Å². The van der Waals surface area contributed by atoms with Gasteiger partial charge >= 0.3 is 0 Å². The molecule has 0 aliphatic heterocycles. The fourth-order valence-corrected chi connectivity index (χ4v) is 2.45. The normalized spacial score (nSPS) is 10.3. The number of carbonyl (C=O) groups excluding carboxylic acids is 1. The molecule has 1 N–H and O–H groups in total. The topological polar surface area (TPSA) is 53.4 Å². The Morgan fingerprint density at radius 1 is 1.44 bits per heavy atom. The first-order valence-electron chi connectivity index (χ1n) is 5.52. The van der Waals surface area contributed by atoms with Crippen LogP contribution in [0.3, 0.4) is 0 Å². The van der Waals surface area contributed by atoms with Gasteiger partial charge in [0.05, 0.1) is 23.3 Å². The summed E-state index contributed by atoms with van der Waals surface area (Å²) in [7, 11) is 1.72. The number of phenols is 1. The molecule has 0 bridgehead atoms. The minimum Gasteiger partial charge on any atom is -0.507 e. The fourth-order valence-electron chi connectivity index (χ4n) is 1.63. The van der Waals surface area contributed by atoms with Gasteiger partial charge in [0, 0.05) is 11.9 Å². The van der Waals surface area contributed by atoms with Crippen LogP contribution in [-0.4, -0.2) is 27.9 Å². The Labute approximate surface area is 110 Å². The molecule has 1 heterocycles. The Hall–Kier alpha value is -1.88. The zero-order valence-electron chi connectivity index (χ0n) is 10.3. The summed E-state index contributed by atoms with van der Waals surface area (Å²) in [6.07, 6.45) is 0. The first-order valence-corrected chi connectivity index (χ1v) is 6.40. The Morgan fingerprint density at radius 3 is 2.78 bits per heavy atom. The summed E-state index contributed by atoms with van der Waals surface area (Å²) in [6, 6.07) is 6.56. The van der Waals surface area contributed by atoms with Crippen molar-refractivity contribution in [3.8, 4) is 5.75 Å². The molecule has 0 aliphatic carbocycles. The van der Waals surface area contributed by atoms with Gasteiger partial charge in [-0.25, -0.2) is 4.98 Å². The van der Waals surface area contributed by atoms with Gasteiger partial charge in [0.15, 0.2) is 0 Å². The second-order valence-electron chi connectivity index (χ2n) is 4.04. The number of carbonyl (C=O) groups is 1. The lowest BCUT2D eigenvalue weighted by Crippen LogP contribution is -2.26. The zero-order chi connectivity index (χ0) is 13.1. The molecule has 0 saturated carbocycles. The van der Waals surface area contributed by atoms with Crippen molar-refractivity contribution < 1.29 is 9.90 Å². The molecule has 5 heteroatoms. The third-order valence-corrected chi connectivity index (χ3v) is 3.63. The van der Waals surface area contributed by atoms with Crippen LogP contribution in [0.2, 0.25) is 0 Å². The second kappa shape index (κ2) is 5.18. The summed E-state index contributed by atoms with van der Waals surface area (Å²) in [6.45, 7) is 2.42. The maximum atomic E-state index is 12.2. The molecule has 2 aromatic rings. The van der Waals surface area contributed by atoms with E-state index in [0.29, 0.717) is 12.1 Å². The SMILES string of the molecule is Cc1ncsc1CN(C)C(=O)c1ccccc1O. The quantitative estimate of drug-likeness (QED) is 0.924. The van der Waals surface area contributed by atoms with E-state index in [-0.39, 0.29) is 11.7 Å². The minimum atomic E-state index is -0.194. The molecule has 1 aromatic carbocycles. The summed E-state index contributed by atoms with van der Waals surface area (Å²) >= 11 is 1.53. The number of benzene rings is 1. The van der Waals surface area contributed by atoms with Gasteiger partial charge in [0.1, 0.15) is 5.75 Å². The van der Waals surface area contributed by atoms with Crippen molar-refractivity contribution >= 4 is 17.2 Å². The highest BCUT2D eigenvalue weighted by atomic mass is 32.1. The number of nitrogens with zero attached hydrogens (tertiary/aromatic N) is 2. The predicted molar refractivity (Wildman–Crippen MR) is 70.8 cm³/mol. The van der Waals surface area contributed by atoms with Crippen LogP contribution in [-0.2, 0) is 6.54 Å². The van der Waals surface area contributed by atoms with E-state index in [4.69, 9.17) is 0 Å². The number of amides is 1. The summed E-state index contributed by atoms with van der Waals surface area (Å²) in [5.74, 6) is -0.184. The number of aromatic nitrogens is 1. The van der Waals surface area contributed by atoms with E-state index in [9.17, 15) is 9.90 Å². The van der Waals surface area contributed by atoms with Gasteiger partial charge in [-0.15, -0.1) is 11.3 Å². The summed E-state index contributed by atoms with van der Waals surface area (Å²) in [4.78, 5) is 18.9. The van der Waals surface area contributed by atoms with E-state index >= 15 is 0 Å². The van der Waals surface area contributed by atoms with Crippen molar-refractivity contribution in [3.63, 3.8) is 0 Å². The van der Waals surface area contributed by atoms with Crippen molar-refractivity contribution in [1.82, 2.24) is 9.88 Å². The van der Waals surface area contributed by atoms with Gasteiger partial charge in [0.2, 0.25) is 0 Å². The van der Waals surface area contributed by atoms with E-state index in [0.717, 1.165) is 10.6 Å². The number of hydrogen-bond acceptors (Lipinski definition) is 4. The molecule has 1 amide bonds. The highest BCUT2D eigenvalue weighted by Crippen LogP contribution is 2.20. The molecule has 2 rings (SSSR count). The van der Waals surface area contributed by atoms with Crippen LogP contribution in [0, 0.1) is 6.92 Å². The lowest BCUT2D eigenvalue weighted by molar-refractivity contribution is 0.0783. The molecule has 0 spiro atoms. The van der Waals surface area contributed by atoms with E-state index in [1.165, 1.54) is 17.4 Å². The monoisotopic (exact) mass is 262 g/mol. The third kappa shape index (κ3) is 2.51. The van der Waals surface area contributed by atoms with Gasteiger partial charge in [0.25, 0.3) is 5.91 Å². The average Bonchev–Trinajstić information content (AvgIpc) is 2.75. The van der Waals surface area contributed by atoms with Gasteiger partial charge in [-0.3, -0.25) is 4.79 Å². The fraction of sp³-hybridized carbons (Fsp3) is 0.231. The predicted octanol–water partition coefficient (Wildman–Crippen LogP) is 2.43. The van der Waals surface area contributed by atoms with E-state index < -0.39 is 0 Å². The molecular weight excluding hydrogens is 248 g/mol. The number of phenolic OH excluding ortho intramolecular Hbond substituents is 1. The van der Waals surface area contributed by atoms with Crippen molar-refractivity contribution in [3.05, 3.63) is 45.9 Å². The Bertz CT molecular complexity index is 566. The van der Waals surface area contributed by atoms with Gasteiger partial charge in [-0.1, -0.05) is 12.1 Å². The number of rotatable bonds is 3. The highest BCUT2D eigenvalue weighted by molar-refractivity contribution is 7.09. The van der Waals surface area contributed by atoms with Crippen molar-refractivity contribution in [1.29, 1.82) is 0 Å². The van der Waals surface area contributed by atoms with Crippen LogP contribution in [0.15, 0.2) is 29.8 Å². The average molecular weight is 262 g/mol. The van der Waals surface area contributed by atoms with Crippen LogP contribution in [0.25, 0.3) is 0 Å². The smallest absolute Gasteiger partial charge is 0.257 e. The zero-order valence-corrected chi connectivity index (χ0v) is 11.1. The number of para-hydroxylation sites is 1. The maximum absolute atomic E-state index is 12.2. The number of thiazole rings is 1. The number of aromatic hydroxyl groups is 1. The van der Waals surface area contributed by atoms with Crippen molar-refractivity contribution in [2.24, 2.45) is 0 Å². The molecule has 1 aromatic heterocycles. The first kappa shape index (κ1) is 12.6. The molecule has 0 atom stereocenters. The Morgan fingerprint density at radius 2 is 2.17 bits per heavy atom. The highest BCUT2D eigenvalue weighted by Gasteiger charge is 2.16. The Balaban J connectivity index is 2.15. The van der Waals surface area contributed by atoms with Gasteiger partial charge < -0.3 is 10.0 Å². The largest absolute Gasteiger partial charge is 0.507 e. The number of hydrogen-bond donors (Lipinski definition) is 1. The molecular formula is C13H14N2O2S. The molecule has 4 nitrogen and oxygen atoms in total. The molecule has 94 valence electrons. The van der Waals surface area contributed by atoms with Gasteiger partial charge in [-0.05, 0) is 19.1 Å². The van der Waals surface area contributed by atoms with Crippen molar-refractivity contribution in [2.75, 3.05) is 7.05 Å². The van der Waals surface area contributed by atoms with E-state index in [1.54, 1.807) is 35.7 Å². The second-order valence-corrected chi connectivity index (χ2v) is 4.98. The summed E-state index contributed by atoms with van der Waals surface area (Å²) in [5.41, 5.74) is 3.03. The van der Waals surface area contributed by atoms with Crippen LogP contribution in [0.5, 0.6) is 5.75 Å². The standard InChI is InChI=1S/C13H14N2O2S/c1-9-12(18-8-14-9)7-15(2)13(17)10-5-3-4-6-11(10)16/h3-6,8,16H,7H2,1-2H3. The minimum absolute atomic E-state index is 0.00961. The van der Waals surface area contributed by atoms with Gasteiger partial charge in [-0.2, -0.15) is 0 Å². The molecule has 0 radical (unpaired) electrons. The lowest BCUT2D eigenvalue weighted by Gasteiger charge is -2.17. The summed E-state index contributed by atoms with van der Waals surface area (Å²) in [5, 5.41) is 9.65. The van der Waals surface area contributed by atoms with E-state index in [1.807, 2.05) is 6.92 Å². The lowest BCUT2D eigenvalue weighted by atomic mass is 10.2. The van der Waals surface area contributed by atoms with E-state index in [2.05, 4.69) is 4.98 Å². The first-order chi connectivity index (χ1) is 8.59. The molecule has 0 unspecified atom stereocenters. The number of aryl methyl sites for hydroxylation is 1. The molecule has 0 saturated heterocycles. The van der Waals surface area contributed by atoms with Crippen molar-refractivity contribution in [2.45, 2.75) is 13.5 Å². The maximum Gasteiger partial charge on any atom is 0.257 e. The van der Waals surface area contributed by atoms with Crippen LogP contribution in [0.4, 0.5) is 0 Å². The Kier molecular flexibility index (Phi) is 3.62. The van der Waals surface area contributed by atoms with Crippen LogP contribution < -0.4 is 0 Å². The molecule has 0 fully saturated rings. The summed E-state index contributed by atoms with van der Waals surface area (Å²) < 4.78 is 0.